The van der Waals surface area contributed by atoms with E-state index in [1.165, 1.54) is 12.1 Å². The smallest absolute Gasteiger partial charge is 0.251 e. The summed E-state index contributed by atoms with van der Waals surface area (Å²) in [6.45, 7) is 5.89. The SMILES string of the molecule is CCC(C)(C)NC(=O)c1ccc(N)c(O)c1. The van der Waals surface area contributed by atoms with Gasteiger partial charge < -0.3 is 16.2 Å². The number of nitrogens with one attached hydrogen (secondary N) is 1. The molecule has 0 heterocycles. The largest absolute Gasteiger partial charge is 0.506 e. The highest BCUT2D eigenvalue weighted by Gasteiger charge is 2.19. The molecule has 0 saturated heterocycles. The minimum atomic E-state index is -0.256. The topological polar surface area (TPSA) is 75.4 Å². The van der Waals surface area contributed by atoms with Crippen LogP contribution in [0.4, 0.5) is 5.69 Å². The molecule has 16 heavy (non-hydrogen) atoms. The number of anilines is 1. The van der Waals surface area contributed by atoms with Gasteiger partial charge in [-0.3, -0.25) is 4.79 Å². The van der Waals surface area contributed by atoms with Crippen LogP contribution in [-0.2, 0) is 0 Å². The van der Waals surface area contributed by atoms with Gasteiger partial charge in [0.05, 0.1) is 5.69 Å². The van der Waals surface area contributed by atoms with E-state index < -0.39 is 0 Å². The summed E-state index contributed by atoms with van der Waals surface area (Å²) in [6.07, 6.45) is 0.833. The molecule has 1 rings (SSSR count). The fraction of sp³-hybridized carbons (Fsp3) is 0.417. The number of phenols is 1. The van der Waals surface area contributed by atoms with Crippen molar-refractivity contribution in [3.8, 4) is 5.75 Å². The number of amides is 1. The first-order valence-corrected chi connectivity index (χ1v) is 5.27. The molecule has 0 aliphatic heterocycles. The van der Waals surface area contributed by atoms with Crippen molar-refractivity contribution in [1.82, 2.24) is 5.32 Å². The van der Waals surface area contributed by atoms with Crippen molar-refractivity contribution in [2.24, 2.45) is 0 Å². The molecule has 4 nitrogen and oxygen atoms in total. The van der Waals surface area contributed by atoms with Crippen LogP contribution in [0, 0.1) is 0 Å². The Labute approximate surface area is 95.5 Å². The number of aromatic hydroxyl groups is 1. The Bertz CT molecular complexity index is 400. The molecule has 0 radical (unpaired) electrons. The van der Waals surface area contributed by atoms with Gasteiger partial charge >= 0.3 is 0 Å². The summed E-state index contributed by atoms with van der Waals surface area (Å²) in [5, 5.41) is 12.3. The molecule has 1 aromatic carbocycles. The lowest BCUT2D eigenvalue weighted by Gasteiger charge is -2.24. The maximum Gasteiger partial charge on any atom is 0.251 e. The van der Waals surface area contributed by atoms with Gasteiger partial charge in [0, 0.05) is 11.1 Å². The molecular weight excluding hydrogens is 204 g/mol. The summed E-state index contributed by atoms with van der Waals surface area (Å²) in [7, 11) is 0. The van der Waals surface area contributed by atoms with E-state index in [1.54, 1.807) is 6.07 Å². The summed E-state index contributed by atoms with van der Waals surface area (Å²) in [6, 6.07) is 4.48. The maximum atomic E-state index is 11.8. The Balaban J connectivity index is 2.85. The number of hydrogen-bond acceptors (Lipinski definition) is 3. The van der Waals surface area contributed by atoms with Crippen LogP contribution in [0.1, 0.15) is 37.6 Å². The lowest BCUT2D eigenvalue weighted by atomic mass is 10.0. The van der Waals surface area contributed by atoms with Crippen LogP contribution in [0.3, 0.4) is 0 Å². The number of hydrogen-bond donors (Lipinski definition) is 3. The summed E-state index contributed by atoms with van der Waals surface area (Å²) >= 11 is 0. The van der Waals surface area contributed by atoms with Crippen LogP contribution in [0.2, 0.25) is 0 Å². The number of benzene rings is 1. The monoisotopic (exact) mass is 222 g/mol. The predicted molar refractivity (Wildman–Crippen MR) is 64.4 cm³/mol. The van der Waals surface area contributed by atoms with Crippen LogP contribution in [0.25, 0.3) is 0 Å². The number of nitrogens with two attached hydrogens (primary N) is 1. The van der Waals surface area contributed by atoms with Gasteiger partial charge in [-0.15, -0.1) is 0 Å². The maximum absolute atomic E-state index is 11.8. The highest BCUT2D eigenvalue weighted by molar-refractivity contribution is 5.95. The van der Waals surface area contributed by atoms with Gasteiger partial charge in [-0.25, -0.2) is 0 Å². The molecule has 0 fully saturated rings. The van der Waals surface area contributed by atoms with Crippen LogP contribution < -0.4 is 11.1 Å². The van der Waals surface area contributed by atoms with Crippen molar-refractivity contribution < 1.29 is 9.90 Å². The summed E-state index contributed by atoms with van der Waals surface area (Å²) in [5.74, 6) is -0.274. The molecule has 0 saturated carbocycles. The van der Waals surface area contributed by atoms with E-state index in [2.05, 4.69) is 5.32 Å². The molecule has 0 spiro atoms. The van der Waals surface area contributed by atoms with E-state index in [0.717, 1.165) is 6.42 Å². The molecule has 4 N–H and O–H groups in total. The Morgan fingerprint density at radius 1 is 1.50 bits per heavy atom. The highest BCUT2D eigenvalue weighted by atomic mass is 16.3. The first-order valence-electron chi connectivity index (χ1n) is 5.27. The quantitative estimate of drug-likeness (QED) is 0.540. The van der Waals surface area contributed by atoms with E-state index in [0.29, 0.717) is 5.56 Å². The second kappa shape index (κ2) is 4.43. The Morgan fingerprint density at radius 2 is 2.12 bits per heavy atom. The zero-order valence-corrected chi connectivity index (χ0v) is 9.87. The van der Waals surface area contributed by atoms with E-state index in [4.69, 9.17) is 5.73 Å². The molecule has 1 amide bonds. The fourth-order valence-electron chi connectivity index (χ4n) is 1.15. The lowest BCUT2D eigenvalue weighted by molar-refractivity contribution is 0.0911. The first-order chi connectivity index (χ1) is 7.35. The number of carbonyl (C=O) groups is 1. The number of carbonyl (C=O) groups excluding carboxylic acids is 1. The molecule has 0 aliphatic rings. The Hall–Kier alpha value is -1.71. The van der Waals surface area contributed by atoms with Crippen molar-refractivity contribution in [2.45, 2.75) is 32.7 Å². The van der Waals surface area contributed by atoms with Gasteiger partial charge in [0.15, 0.2) is 0 Å². The van der Waals surface area contributed by atoms with E-state index in [9.17, 15) is 9.90 Å². The van der Waals surface area contributed by atoms with Crippen molar-refractivity contribution in [3.63, 3.8) is 0 Å². The first kappa shape index (κ1) is 12.4. The van der Waals surface area contributed by atoms with Crippen LogP contribution in [0.15, 0.2) is 18.2 Å². The van der Waals surface area contributed by atoms with E-state index >= 15 is 0 Å². The van der Waals surface area contributed by atoms with Gasteiger partial charge in [0.1, 0.15) is 5.75 Å². The minimum Gasteiger partial charge on any atom is -0.506 e. The Morgan fingerprint density at radius 3 is 2.62 bits per heavy atom. The number of nitrogen functional groups attached to an aromatic ring is 1. The van der Waals surface area contributed by atoms with Crippen LogP contribution in [-0.4, -0.2) is 16.6 Å². The van der Waals surface area contributed by atoms with Gasteiger partial charge in [0.2, 0.25) is 0 Å². The lowest BCUT2D eigenvalue weighted by Crippen LogP contribution is -2.42. The second-order valence-corrected chi connectivity index (χ2v) is 4.47. The molecular formula is C12H18N2O2. The van der Waals surface area contributed by atoms with Crippen molar-refractivity contribution in [1.29, 1.82) is 0 Å². The molecule has 0 atom stereocenters. The third kappa shape index (κ3) is 2.89. The summed E-state index contributed by atoms with van der Waals surface area (Å²) in [4.78, 5) is 11.8. The van der Waals surface area contributed by atoms with Crippen molar-refractivity contribution in [2.75, 3.05) is 5.73 Å². The van der Waals surface area contributed by atoms with E-state index in [1.807, 2.05) is 20.8 Å². The van der Waals surface area contributed by atoms with Gasteiger partial charge in [-0.05, 0) is 38.5 Å². The standard InChI is InChI=1S/C12H18N2O2/c1-4-12(2,3)14-11(16)8-5-6-9(13)10(15)7-8/h5-7,15H,4,13H2,1-3H3,(H,14,16). The molecule has 0 aliphatic carbocycles. The van der Waals surface area contributed by atoms with Gasteiger partial charge in [-0.2, -0.15) is 0 Å². The summed E-state index contributed by atoms with van der Waals surface area (Å²) in [5.41, 5.74) is 5.88. The molecule has 4 heteroatoms. The average Bonchev–Trinajstić information content (AvgIpc) is 2.21. The molecule has 88 valence electrons. The van der Waals surface area contributed by atoms with Crippen LogP contribution >= 0.6 is 0 Å². The average molecular weight is 222 g/mol. The zero-order chi connectivity index (χ0) is 12.3. The third-order valence-corrected chi connectivity index (χ3v) is 2.63. The highest BCUT2D eigenvalue weighted by Crippen LogP contribution is 2.21. The van der Waals surface area contributed by atoms with Crippen molar-refractivity contribution in [3.05, 3.63) is 23.8 Å². The third-order valence-electron chi connectivity index (χ3n) is 2.63. The van der Waals surface area contributed by atoms with E-state index in [-0.39, 0.29) is 22.9 Å². The second-order valence-electron chi connectivity index (χ2n) is 4.47. The number of phenolic OH excluding ortho intramolecular Hbond substituents is 1. The zero-order valence-electron chi connectivity index (χ0n) is 9.87. The predicted octanol–water partition coefficient (Wildman–Crippen LogP) is 1.89. The van der Waals surface area contributed by atoms with Gasteiger partial charge in [0.25, 0.3) is 5.91 Å². The summed E-state index contributed by atoms with van der Waals surface area (Å²) < 4.78 is 0. The van der Waals surface area contributed by atoms with Gasteiger partial charge in [-0.1, -0.05) is 6.92 Å². The molecule has 0 bridgehead atoms. The van der Waals surface area contributed by atoms with Crippen molar-refractivity contribution >= 4 is 11.6 Å². The fourth-order valence-corrected chi connectivity index (χ4v) is 1.15. The normalized spacial score (nSPS) is 11.2. The molecule has 1 aromatic rings. The minimum absolute atomic E-state index is 0.0676. The number of rotatable bonds is 3. The molecule has 0 unspecified atom stereocenters. The molecule has 0 aromatic heterocycles. The van der Waals surface area contributed by atoms with Crippen LogP contribution in [0.5, 0.6) is 5.75 Å². The Kier molecular flexibility index (Phi) is 3.42.